The Hall–Kier alpha value is 0.224. The lowest BCUT2D eigenvalue weighted by atomic mass is 10.3. The van der Waals surface area contributed by atoms with Crippen molar-refractivity contribution in [3.8, 4) is 0 Å². The van der Waals surface area contributed by atoms with Gasteiger partial charge in [0, 0.05) is 0 Å². The summed E-state index contributed by atoms with van der Waals surface area (Å²) in [5.74, 6) is 0. The van der Waals surface area contributed by atoms with E-state index in [-0.39, 0.29) is 0 Å². The average Bonchev–Trinajstić information content (AvgIpc) is 2.06. The first-order valence-electron chi connectivity index (χ1n) is 5.92. The molecule has 16 heavy (non-hydrogen) atoms. The summed E-state index contributed by atoms with van der Waals surface area (Å²) in [6.07, 6.45) is 6.43. The molecule has 0 fully saturated rings. The number of nitrogens with zero attached hydrogens (tertiary/aromatic N) is 1. The van der Waals surface area contributed by atoms with E-state index in [1.54, 1.807) is 0 Å². The highest BCUT2D eigenvalue weighted by Crippen LogP contribution is 2.29. The van der Waals surface area contributed by atoms with Crippen LogP contribution in [0.25, 0.3) is 0 Å². The Morgan fingerprint density at radius 2 is 1.50 bits per heavy atom. The second-order valence-electron chi connectivity index (χ2n) is 5.98. The molecule has 0 atom stereocenters. The summed E-state index contributed by atoms with van der Waals surface area (Å²) in [6, 6.07) is 0. The molecule has 0 aromatic heterocycles. The van der Waals surface area contributed by atoms with Crippen LogP contribution in [-0.2, 0) is 0 Å². The molecule has 0 aliphatic heterocycles. The van der Waals surface area contributed by atoms with Crippen LogP contribution in [0.3, 0.4) is 0 Å². The fourth-order valence-corrected chi connectivity index (χ4v) is 13.0. The van der Waals surface area contributed by atoms with Crippen molar-refractivity contribution in [3.05, 3.63) is 24.1 Å². The average molecular weight is 274 g/mol. The molecular formula is C12H27NSSi2. The van der Waals surface area contributed by atoms with Gasteiger partial charge in [0.1, 0.15) is 16.5 Å². The second kappa shape index (κ2) is 6.84. The minimum Gasteiger partial charge on any atom is -0.289 e. The number of rotatable bonds is 7. The maximum Gasteiger partial charge on any atom is 0.123 e. The van der Waals surface area contributed by atoms with Crippen LogP contribution < -0.4 is 0 Å². The lowest BCUT2D eigenvalue weighted by Crippen LogP contribution is -2.54. The number of allylic oxidation sites excluding steroid dienone is 2. The fraction of sp³-hybridized carbons (Fsp3) is 0.667. The van der Waals surface area contributed by atoms with Crippen molar-refractivity contribution >= 4 is 28.4 Å². The number of hydrogen-bond donors (Lipinski definition) is 0. The molecule has 0 amide bonds. The molecule has 0 aliphatic rings. The highest BCUT2D eigenvalue weighted by Gasteiger charge is 2.34. The van der Waals surface area contributed by atoms with Crippen LogP contribution in [-0.4, -0.2) is 20.1 Å². The second-order valence-corrected chi connectivity index (χ2v) is 17.5. The number of unbranched alkanes of at least 4 members (excludes halogenated alkanes) is 1. The largest absolute Gasteiger partial charge is 0.289 e. The van der Waals surface area contributed by atoms with Crippen molar-refractivity contribution in [2.75, 3.05) is 0 Å². The van der Waals surface area contributed by atoms with Crippen molar-refractivity contribution in [2.45, 2.75) is 52.1 Å². The van der Waals surface area contributed by atoms with Crippen LogP contribution in [0.15, 0.2) is 24.1 Å². The molecule has 0 aliphatic carbocycles. The van der Waals surface area contributed by atoms with Crippen LogP contribution in [0.2, 0.25) is 39.3 Å². The Morgan fingerprint density at radius 1 is 1.00 bits per heavy atom. The highest BCUT2D eigenvalue weighted by molar-refractivity contribution is 8.02. The van der Waals surface area contributed by atoms with Crippen molar-refractivity contribution in [2.24, 2.45) is 0 Å². The van der Waals surface area contributed by atoms with Gasteiger partial charge in [-0.1, -0.05) is 63.4 Å². The van der Waals surface area contributed by atoms with Gasteiger partial charge < -0.3 is 0 Å². The molecule has 0 heterocycles. The van der Waals surface area contributed by atoms with Crippen molar-refractivity contribution < 1.29 is 0 Å². The third-order valence-corrected chi connectivity index (χ3v) is 12.9. The van der Waals surface area contributed by atoms with E-state index < -0.39 is 16.5 Å². The van der Waals surface area contributed by atoms with Crippen LogP contribution in [0.1, 0.15) is 12.8 Å². The summed E-state index contributed by atoms with van der Waals surface area (Å²) in [5.41, 5.74) is 0. The molecule has 0 bridgehead atoms. The first kappa shape index (κ1) is 16.2. The van der Waals surface area contributed by atoms with Crippen LogP contribution in [0.4, 0.5) is 0 Å². The predicted octanol–water partition coefficient (Wildman–Crippen LogP) is 5.09. The van der Waals surface area contributed by atoms with Crippen LogP contribution in [0, 0.1) is 0 Å². The lowest BCUT2D eigenvalue weighted by molar-refractivity contribution is 1.00. The van der Waals surface area contributed by atoms with Gasteiger partial charge in [0.2, 0.25) is 0 Å². The maximum atomic E-state index is 3.73. The van der Waals surface area contributed by atoms with Crippen molar-refractivity contribution in [1.29, 1.82) is 0 Å². The van der Waals surface area contributed by atoms with E-state index in [1.165, 1.54) is 0 Å². The standard InChI is InChI=1S/C12H27NSSi2/c1-8-9-10-11-12-14-13(15(2,3)4)16(5,6)7/h8,11-12H,1,9-10H2,2-7H3/b12-11+. The molecule has 0 aromatic rings. The molecule has 0 N–H and O–H groups in total. The molecule has 0 saturated carbocycles. The molecule has 0 aromatic carbocycles. The first-order chi connectivity index (χ1) is 7.19. The molecule has 0 radical (unpaired) electrons. The molecule has 4 heteroatoms. The van der Waals surface area contributed by atoms with E-state index in [9.17, 15) is 0 Å². The van der Waals surface area contributed by atoms with Gasteiger partial charge in [-0.2, -0.15) is 0 Å². The molecule has 0 rings (SSSR count). The molecule has 0 unspecified atom stereocenters. The van der Waals surface area contributed by atoms with E-state index in [0.717, 1.165) is 12.8 Å². The Balaban J connectivity index is 4.36. The highest BCUT2D eigenvalue weighted by atomic mass is 32.2. The van der Waals surface area contributed by atoms with E-state index in [4.69, 9.17) is 0 Å². The third-order valence-electron chi connectivity index (χ3n) is 2.02. The molecule has 0 saturated heterocycles. The van der Waals surface area contributed by atoms with Gasteiger partial charge >= 0.3 is 0 Å². The van der Waals surface area contributed by atoms with Crippen LogP contribution in [0.5, 0.6) is 0 Å². The summed E-state index contributed by atoms with van der Waals surface area (Å²) >= 11 is 1.93. The minimum absolute atomic E-state index is 1.08. The summed E-state index contributed by atoms with van der Waals surface area (Å²) in [7, 11) is -2.41. The van der Waals surface area contributed by atoms with Crippen molar-refractivity contribution in [1.82, 2.24) is 3.64 Å². The smallest absolute Gasteiger partial charge is 0.123 e. The van der Waals surface area contributed by atoms with Gasteiger partial charge in [0.25, 0.3) is 0 Å². The zero-order chi connectivity index (χ0) is 12.8. The molecule has 94 valence electrons. The van der Waals surface area contributed by atoms with Gasteiger partial charge in [0.05, 0.1) is 0 Å². The maximum absolute atomic E-state index is 3.73. The van der Waals surface area contributed by atoms with Gasteiger partial charge in [0.15, 0.2) is 0 Å². The Morgan fingerprint density at radius 3 is 1.88 bits per heavy atom. The van der Waals surface area contributed by atoms with Gasteiger partial charge in [-0.15, -0.1) is 6.58 Å². The van der Waals surface area contributed by atoms with E-state index >= 15 is 0 Å². The molecule has 1 nitrogen and oxygen atoms in total. The third kappa shape index (κ3) is 6.73. The summed E-state index contributed by atoms with van der Waals surface area (Å²) in [6.45, 7) is 18.3. The topological polar surface area (TPSA) is 3.24 Å². The molecular weight excluding hydrogens is 246 g/mol. The normalized spacial score (nSPS) is 13.7. The predicted molar refractivity (Wildman–Crippen MR) is 84.7 cm³/mol. The molecule has 0 spiro atoms. The summed E-state index contributed by atoms with van der Waals surface area (Å²) in [5, 5.41) is 2.26. The van der Waals surface area contributed by atoms with Gasteiger partial charge in [-0.25, -0.2) is 0 Å². The zero-order valence-electron chi connectivity index (χ0n) is 11.7. The minimum atomic E-state index is -1.20. The Labute approximate surface area is 108 Å². The monoisotopic (exact) mass is 273 g/mol. The van der Waals surface area contributed by atoms with E-state index in [2.05, 4.69) is 61.0 Å². The van der Waals surface area contributed by atoms with Gasteiger partial charge in [-0.05, 0) is 18.2 Å². The Kier molecular flexibility index (Phi) is 6.93. The SMILES string of the molecule is C=CCC/C=C/SN([Si](C)(C)C)[Si](C)(C)C. The van der Waals surface area contributed by atoms with Gasteiger partial charge in [-0.3, -0.25) is 3.64 Å². The quantitative estimate of drug-likeness (QED) is 0.275. The zero-order valence-corrected chi connectivity index (χ0v) is 14.5. The fourth-order valence-electron chi connectivity index (χ4n) is 1.71. The Bertz CT molecular complexity index is 224. The van der Waals surface area contributed by atoms with Crippen molar-refractivity contribution in [3.63, 3.8) is 0 Å². The summed E-state index contributed by atoms with van der Waals surface area (Å²) in [4.78, 5) is 0. The lowest BCUT2D eigenvalue weighted by Gasteiger charge is -2.41. The first-order valence-corrected chi connectivity index (χ1v) is 13.7. The van der Waals surface area contributed by atoms with E-state index in [0.29, 0.717) is 0 Å². The summed E-state index contributed by atoms with van der Waals surface area (Å²) < 4.78 is 2.71. The number of hydrogen-bond acceptors (Lipinski definition) is 2. The van der Waals surface area contributed by atoms with Crippen LogP contribution >= 0.6 is 11.9 Å². The van der Waals surface area contributed by atoms with E-state index in [1.807, 2.05) is 18.0 Å².